The van der Waals surface area contributed by atoms with Crippen LogP contribution in [0.3, 0.4) is 0 Å². The van der Waals surface area contributed by atoms with E-state index in [0.717, 1.165) is 42.1 Å². The summed E-state index contributed by atoms with van der Waals surface area (Å²) < 4.78 is 24.6. The fourth-order valence-corrected chi connectivity index (χ4v) is 3.33. The summed E-state index contributed by atoms with van der Waals surface area (Å²) in [5.41, 5.74) is 2.26. The zero-order valence-corrected chi connectivity index (χ0v) is 16.2. The van der Waals surface area contributed by atoms with Crippen LogP contribution in [0.5, 0.6) is 11.5 Å². The summed E-state index contributed by atoms with van der Waals surface area (Å²) in [6.07, 6.45) is 0.862. The standard InChI is InChI=1S/C22H24FNO2S/c1-2-25-22-14-18(7-10-21(22)26-16-20-4-3-13-27-20)15-24-12-11-17-5-8-19(23)9-6-17/h3-10,13-14,24H,2,11-12,15-16H2,1H3. The molecule has 0 aliphatic rings. The highest BCUT2D eigenvalue weighted by molar-refractivity contribution is 7.09. The quantitative estimate of drug-likeness (QED) is 0.487. The van der Waals surface area contributed by atoms with Crippen molar-refractivity contribution in [3.63, 3.8) is 0 Å². The van der Waals surface area contributed by atoms with Crippen LogP contribution in [0.4, 0.5) is 4.39 Å². The molecule has 2 aromatic carbocycles. The second-order valence-corrected chi connectivity index (χ2v) is 7.17. The van der Waals surface area contributed by atoms with E-state index in [1.165, 1.54) is 17.0 Å². The molecule has 1 aromatic heterocycles. The van der Waals surface area contributed by atoms with Crippen LogP contribution in [-0.2, 0) is 19.6 Å². The van der Waals surface area contributed by atoms with Crippen LogP contribution in [0.15, 0.2) is 60.0 Å². The van der Waals surface area contributed by atoms with E-state index in [9.17, 15) is 4.39 Å². The van der Waals surface area contributed by atoms with Crippen molar-refractivity contribution < 1.29 is 13.9 Å². The predicted molar refractivity (Wildman–Crippen MR) is 108 cm³/mol. The minimum absolute atomic E-state index is 0.198. The summed E-state index contributed by atoms with van der Waals surface area (Å²) in [6, 6.07) is 16.8. The molecule has 0 aliphatic heterocycles. The minimum Gasteiger partial charge on any atom is -0.490 e. The van der Waals surface area contributed by atoms with Crippen molar-refractivity contribution >= 4 is 11.3 Å². The van der Waals surface area contributed by atoms with Crippen LogP contribution >= 0.6 is 11.3 Å². The second-order valence-electron chi connectivity index (χ2n) is 6.14. The molecule has 3 nitrogen and oxygen atoms in total. The Balaban J connectivity index is 1.52. The molecular formula is C22H24FNO2S. The lowest BCUT2D eigenvalue weighted by atomic mass is 10.1. The highest BCUT2D eigenvalue weighted by atomic mass is 32.1. The maximum absolute atomic E-state index is 12.9. The summed E-state index contributed by atoms with van der Waals surface area (Å²) >= 11 is 1.68. The molecule has 142 valence electrons. The van der Waals surface area contributed by atoms with Crippen molar-refractivity contribution in [3.05, 3.63) is 81.8 Å². The van der Waals surface area contributed by atoms with Crippen LogP contribution in [0.1, 0.15) is 22.9 Å². The third-order valence-electron chi connectivity index (χ3n) is 4.09. The van der Waals surface area contributed by atoms with Gasteiger partial charge in [-0.15, -0.1) is 11.3 Å². The number of benzene rings is 2. The molecule has 5 heteroatoms. The zero-order chi connectivity index (χ0) is 18.9. The average molecular weight is 386 g/mol. The molecule has 0 amide bonds. The SMILES string of the molecule is CCOc1cc(CNCCc2ccc(F)cc2)ccc1OCc1cccs1. The van der Waals surface area contributed by atoms with Gasteiger partial charge in [0, 0.05) is 11.4 Å². The number of nitrogens with one attached hydrogen (secondary N) is 1. The second kappa shape index (κ2) is 10.1. The lowest BCUT2D eigenvalue weighted by Crippen LogP contribution is -2.16. The van der Waals surface area contributed by atoms with Gasteiger partial charge in [-0.25, -0.2) is 4.39 Å². The van der Waals surface area contributed by atoms with E-state index in [1.807, 2.05) is 42.6 Å². The summed E-state index contributed by atoms with van der Waals surface area (Å²) in [4.78, 5) is 1.18. The van der Waals surface area contributed by atoms with Crippen LogP contribution in [-0.4, -0.2) is 13.2 Å². The van der Waals surface area contributed by atoms with Gasteiger partial charge in [0.1, 0.15) is 12.4 Å². The maximum atomic E-state index is 12.9. The lowest BCUT2D eigenvalue weighted by Gasteiger charge is -2.13. The number of hydrogen-bond acceptors (Lipinski definition) is 4. The normalized spacial score (nSPS) is 10.7. The van der Waals surface area contributed by atoms with E-state index in [4.69, 9.17) is 9.47 Å². The average Bonchev–Trinajstić information content (AvgIpc) is 3.20. The summed E-state index contributed by atoms with van der Waals surface area (Å²) in [5, 5.41) is 5.46. The first-order valence-corrected chi connectivity index (χ1v) is 9.98. The van der Waals surface area contributed by atoms with Gasteiger partial charge in [-0.1, -0.05) is 24.3 Å². The Bertz CT molecular complexity index is 819. The topological polar surface area (TPSA) is 30.5 Å². The fourth-order valence-electron chi connectivity index (χ4n) is 2.71. The van der Waals surface area contributed by atoms with Crippen molar-refractivity contribution in [1.29, 1.82) is 0 Å². The molecule has 0 fully saturated rings. The van der Waals surface area contributed by atoms with E-state index in [0.29, 0.717) is 13.2 Å². The summed E-state index contributed by atoms with van der Waals surface area (Å²) in [5.74, 6) is 1.34. The highest BCUT2D eigenvalue weighted by Gasteiger charge is 2.07. The van der Waals surface area contributed by atoms with Crippen molar-refractivity contribution in [2.24, 2.45) is 0 Å². The highest BCUT2D eigenvalue weighted by Crippen LogP contribution is 2.29. The third kappa shape index (κ3) is 6.08. The Morgan fingerprint density at radius 1 is 0.963 bits per heavy atom. The number of halogens is 1. The molecule has 0 spiro atoms. The molecule has 0 unspecified atom stereocenters. The predicted octanol–water partition coefficient (Wildman–Crippen LogP) is 5.20. The van der Waals surface area contributed by atoms with Gasteiger partial charge >= 0.3 is 0 Å². The number of hydrogen-bond donors (Lipinski definition) is 1. The molecule has 0 radical (unpaired) electrons. The van der Waals surface area contributed by atoms with Crippen molar-refractivity contribution in [1.82, 2.24) is 5.32 Å². The first-order chi connectivity index (χ1) is 13.2. The van der Waals surface area contributed by atoms with Crippen LogP contribution in [0, 0.1) is 5.82 Å². The monoisotopic (exact) mass is 385 g/mol. The number of rotatable bonds is 10. The number of ether oxygens (including phenoxy) is 2. The Hall–Kier alpha value is -2.37. The van der Waals surface area contributed by atoms with E-state index in [2.05, 4.69) is 17.4 Å². The maximum Gasteiger partial charge on any atom is 0.161 e. The Kier molecular flexibility index (Phi) is 7.25. The molecule has 0 bridgehead atoms. The molecule has 0 saturated carbocycles. The van der Waals surface area contributed by atoms with Gasteiger partial charge in [0.25, 0.3) is 0 Å². The summed E-state index contributed by atoms with van der Waals surface area (Å²) in [6.45, 7) is 4.68. The van der Waals surface area contributed by atoms with Crippen molar-refractivity contribution in [2.75, 3.05) is 13.2 Å². The fraction of sp³-hybridized carbons (Fsp3) is 0.273. The van der Waals surface area contributed by atoms with Gasteiger partial charge in [-0.3, -0.25) is 0 Å². The molecule has 1 heterocycles. The largest absolute Gasteiger partial charge is 0.490 e. The van der Waals surface area contributed by atoms with Crippen LogP contribution in [0.25, 0.3) is 0 Å². The zero-order valence-electron chi connectivity index (χ0n) is 15.4. The molecule has 0 saturated heterocycles. The number of thiophene rings is 1. The molecule has 3 rings (SSSR count). The van der Waals surface area contributed by atoms with Gasteiger partial charge in [0.2, 0.25) is 0 Å². The molecule has 0 aliphatic carbocycles. The van der Waals surface area contributed by atoms with E-state index in [1.54, 1.807) is 11.3 Å². The first-order valence-electron chi connectivity index (χ1n) is 9.10. The molecule has 3 aromatic rings. The molecular weight excluding hydrogens is 361 g/mol. The van der Waals surface area contributed by atoms with E-state index in [-0.39, 0.29) is 5.82 Å². The van der Waals surface area contributed by atoms with Crippen molar-refractivity contribution in [2.45, 2.75) is 26.5 Å². The summed E-state index contributed by atoms with van der Waals surface area (Å²) in [7, 11) is 0. The van der Waals surface area contributed by atoms with Gasteiger partial charge in [0.05, 0.1) is 6.61 Å². The third-order valence-corrected chi connectivity index (χ3v) is 4.94. The van der Waals surface area contributed by atoms with E-state index < -0.39 is 0 Å². The van der Waals surface area contributed by atoms with Crippen LogP contribution < -0.4 is 14.8 Å². The van der Waals surface area contributed by atoms with Crippen molar-refractivity contribution in [3.8, 4) is 11.5 Å². The molecule has 27 heavy (non-hydrogen) atoms. The smallest absolute Gasteiger partial charge is 0.161 e. The first kappa shape index (κ1) is 19.4. The van der Waals surface area contributed by atoms with Crippen LogP contribution in [0.2, 0.25) is 0 Å². The molecule has 1 N–H and O–H groups in total. The van der Waals surface area contributed by atoms with Gasteiger partial charge < -0.3 is 14.8 Å². The van der Waals surface area contributed by atoms with Gasteiger partial charge in [-0.05, 0) is 66.7 Å². The van der Waals surface area contributed by atoms with Gasteiger partial charge in [-0.2, -0.15) is 0 Å². The van der Waals surface area contributed by atoms with Gasteiger partial charge in [0.15, 0.2) is 11.5 Å². The molecule has 0 atom stereocenters. The van der Waals surface area contributed by atoms with E-state index >= 15 is 0 Å². The minimum atomic E-state index is -0.198. The Labute approximate surface area is 163 Å². The Morgan fingerprint density at radius 2 is 1.78 bits per heavy atom. The lowest BCUT2D eigenvalue weighted by molar-refractivity contribution is 0.271. The Morgan fingerprint density at radius 3 is 2.52 bits per heavy atom.